The molecular weight excluding hydrogens is 300 g/mol. The second-order valence-electron chi connectivity index (χ2n) is 5.81. The van der Waals surface area contributed by atoms with E-state index in [9.17, 15) is 14.4 Å². The van der Waals surface area contributed by atoms with Gasteiger partial charge in [-0.1, -0.05) is 30.3 Å². The normalized spacial score (nSPS) is 10.8. The average molecular weight is 322 g/mol. The summed E-state index contributed by atoms with van der Waals surface area (Å²) in [6.45, 7) is 4.10. The predicted molar refractivity (Wildman–Crippen MR) is 83.2 cm³/mol. The minimum absolute atomic E-state index is 0.0116. The molecule has 0 aliphatic rings. The second-order valence-corrected chi connectivity index (χ2v) is 5.81. The molecule has 7 nitrogen and oxygen atoms in total. The SMILES string of the molecule is CC(C)(C)OC(=O)CN(C(=O)CN)C(=O)OCc1ccccc1. The summed E-state index contributed by atoms with van der Waals surface area (Å²) >= 11 is 0. The Morgan fingerprint density at radius 1 is 1.13 bits per heavy atom. The molecule has 0 aliphatic carbocycles. The van der Waals surface area contributed by atoms with Crippen molar-refractivity contribution in [2.24, 2.45) is 5.73 Å². The lowest BCUT2D eigenvalue weighted by Gasteiger charge is -2.23. The molecule has 1 aromatic rings. The number of benzene rings is 1. The molecule has 0 saturated heterocycles. The van der Waals surface area contributed by atoms with Crippen LogP contribution in [-0.2, 0) is 25.7 Å². The van der Waals surface area contributed by atoms with Gasteiger partial charge in [-0.2, -0.15) is 0 Å². The van der Waals surface area contributed by atoms with Gasteiger partial charge in [-0.3, -0.25) is 9.59 Å². The van der Waals surface area contributed by atoms with E-state index >= 15 is 0 Å². The molecule has 2 amide bonds. The van der Waals surface area contributed by atoms with Crippen molar-refractivity contribution in [3.05, 3.63) is 35.9 Å². The van der Waals surface area contributed by atoms with Crippen LogP contribution in [0.1, 0.15) is 26.3 Å². The number of hydrogen-bond acceptors (Lipinski definition) is 6. The highest BCUT2D eigenvalue weighted by atomic mass is 16.6. The van der Waals surface area contributed by atoms with Crippen LogP contribution in [0.25, 0.3) is 0 Å². The zero-order valence-electron chi connectivity index (χ0n) is 13.6. The van der Waals surface area contributed by atoms with Crippen molar-refractivity contribution in [3.63, 3.8) is 0 Å². The standard InChI is InChI=1S/C16H22N2O5/c1-16(2,3)23-14(20)10-18(13(19)9-17)15(21)22-11-12-7-5-4-6-8-12/h4-8H,9-11,17H2,1-3H3. The Bertz CT molecular complexity index is 551. The first-order valence-corrected chi connectivity index (χ1v) is 7.16. The van der Waals surface area contributed by atoms with Gasteiger partial charge in [0.05, 0.1) is 6.54 Å². The van der Waals surface area contributed by atoms with Gasteiger partial charge in [0, 0.05) is 0 Å². The Labute approximate surface area is 135 Å². The predicted octanol–water partition coefficient (Wildman–Crippen LogP) is 1.45. The molecule has 2 N–H and O–H groups in total. The zero-order chi connectivity index (χ0) is 17.5. The fraction of sp³-hybridized carbons (Fsp3) is 0.438. The topological polar surface area (TPSA) is 98.9 Å². The molecular formula is C16H22N2O5. The lowest BCUT2D eigenvalue weighted by Crippen LogP contribution is -2.45. The van der Waals surface area contributed by atoms with Crippen LogP contribution in [0.3, 0.4) is 0 Å². The third-order valence-corrected chi connectivity index (χ3v) is 2.61. The molecule has 0 atom stereocenters. The smallest absolute Gasteiger partial charge is 0.417 e. The molecule has 7 heteroatoms. The number of imide groups is 1. The lowest BCUT2D eigenvalue weighted by molar-refractivity contribution is -0.158. The minimum Gasteiger partial charge on any atom is -0.459 e. The summed E-state index contributed by atoms with van der Waals surface area (Å²) in [6.07, 6.45) is -0.935. The third-order valence-electron chi connectivity index (χ3n) is 2.61. The second kappa shape index (κ2) is 8.28. The van der Waals surface area contributed by atoms with Crippen molar-refractivity contribution >= 4 is 18.0 Å². The van der Waals surface area contributed by atoms with Crippen LogP contribution in [0.4, 0.5) is 4.79 Å². The Balaban J connectivity index is 2.67. The van der Waals surface area contributed by atoms with Crippen LogP contribution in [0.5, 0.6) is 0 Å². The number of carbonyl (C=O) groups is 3. The third kappa shape index (κ3) is 6.92. The van der Waals surface area contributed by atoms with Crippen molar-refractivity contribution in [1.29, 1.82) is 0 Å². The van der Waals surface area contributed by atoms with Gasteiger partial charge in [-0.15, -0.1) is 0 Å². The Kier molecular flexibility index (Phi) is 6.71. The molecule has 1 aromatic carbocycles. The summed E-state index contributed by atoms with van der Waals surface area (Å²) in [5, 5.41) is 0. The van der Waals surface area contributed by atoms with Crippen molar-refractivity contribution < 1.29 is 23.9 Å². The molecule has 23 heavy (non-hydrogen) atoms. The molecule has 0 unspecified atom stereocenters. The first-order chi connectivity index (χ1) is 10.7. The number of carbonyl (C=O) groups excluding carboxylic acids is 3. The van der Waals surface area contributed by atoms with E-state index < -0.39 is 36.7 Å². The van der Waals surface area contributed by atoms with Crippen LogP contribution in [-0.4, -0.2) is 41.6 Å². The maximum Gasteiger partial charge on any atom is 0.417 e. The van der Waals surface area contributed by atoms with Crippen LogP contribution >= 0.6 is 0 Å². The maximum atomic E-state index is 12.0. The summed E-state index contributed by atoms with van der Waals surface area (Å²) in [7, 11) is 0. The number of amides is 2. The molecule has 0 saturated carbocycles. The van der Waals surface area contributed by atoms with E-state index in [1.165, 1.54) is 0 Å². The van der Waals surface area contributed by atoms with Gasteiger partial charge in [0.2, 0.25) is 5.91 Å². The van der Waals surface area contributed by atoms with E-state index in [1.54, 1.807) is 45.0 Å². The Hall–Kier alpha value is -2.41. The number of rotatable bonds is 5. The molecule has 0 spiro atoms. The number of esters is 1. The van der Waals surface area contributed by atoms with E-state index in [1.807, 2.05) is 6.07 Å². The maximum absolute atomic E-state index is 12.0. The van der Waals surface area contributed by atoms with Gasteiger partial charge in [-0.25, -0.2) is 9.69 Å². The fourth-order valence-corrected chi connectivity index (χ4v) is 1.66. The quantitative estimate of drug-likeness (QED) is 0.824. The molecule has 1 rings (SSSR count). The number of hydrogen-bond donors (Lipinski definition) is 1. The van der Waals surface area contributed by atoms with Crippen molar-refractivity contribution in [2.45, 2.75) is 33.0 Å². The van der Waals surface area contributed by atoms with Crippen LogP contribution in [0.2, 0.25) is 0 Å². The van der Waals surface area contributed by atoms with E-state index in [0.717, 1.165) is 5.56 Å². The van der Waals surface area contributed by atoms with Gasteiger partial charge in [0.15, 0.2) is 0 Å². The van der Waals surface area contributed by atoms with Crippen molar-refractivity contribution in [3.8, 4) is 0 Å². The summed E-state index contributed by atoms with van der Waals surface area (Å²) < 4.78 is 10.1. The molecule has 0 heterocycles. The fourth-order valence-electron chi connectivity index (χ4n) is 1.66. The number of nitrogens with zero attached hydrogens (tertiary/aromatic N) is 1. The Morgan fingerprint density at radius 3 is 2.26 bits per heavy atom. The lowest BCUT2D eigenvalue weighted by atomic mass is 10.2. The van der Waals surface area contributed by atoms with Gasteiger partial charge < -0.3 is 15.2 Å². The summed E-state index contributed by atoms with van der Waals surface area (Å²) in [6, 6.07) is 8.98. The zero-order valence-corrected chi connectivity index (χ0v) is 13.6. The monoisotopic (exact) mass is 322 g/mol. The van der Waals surface area contributed by atoms with Gasteiger partial charge in [-0.05, 0) is 26.3 Å². The Morgan fingerprint density at radius 2 is 1.74 bits per heavy atom. The minimum atomic E-state index is -0.935. The molecule has 0 radical (unpaired) electrons. The summed E-state index contributed by atoms with van der Waals surface area (Å²) in [4.78, 5) is 36.2. The molecule has 0 aromatic heterocycles. The van der Waals surface area contributed by atoms with E-state index in [2.05, 4.69) is 0 Å². The van der Waals surface area contributed by atoms with Crippen molar-refractivity contribution in [2.75, 3.05) is 13.1 Å². The summed E-state index contributed by atoms with van der Waals surface area (Å²) in [5.74, 6) is -1.43. The first-order valence-electron chi connectivity index (χ1n) is 7.16. The van der Waals surface area contributed by atoms with Crippen LogP contribution in [0.15, 0.2) is 30.3 Å². The molecule has 0 aliphatic heterocycles. The van der Waals surface area contributed by atoms with Crippen LogP contribution < -0.4 is 5.73 Å². The van der Waals surface area contributed by atoms with E-state index in [4.69, 9.17) is 15.2 Å². The summed E-state index contributed by atoms with van der Waals surface area (Å²) in [5.41, 5.74) is 5.31. The largest absolute Gasteiger partial charge is 0.459 e. The van der Waals surface area contributed by atoms with Crippen molar-refractivity contribution in [1.82, 2.24) is 4.90 Å². The highest BCUT2D eigenvalue weighted by molar-refractivity contribution is 5.96. The molecule has 0 bridgehead atoms. The van der Waals surface area contributed by atoms with E-state index in [-0.39, 0.29) is 6.61 Å². The van der Waals surface area contributed by atoms with Gasteiger partial charge in [0.1, 0.15) is 18.8 Å². The highest BCUT2D eigenvalue weighted by Gasteiger charge is 2.27. The van der Waals surface area contributed by atoms with Crippen LogP contribution in [0, 0.1) is 0 Å². The molecule has 126 valence electrons. The number of ether oxygens (including phenoxy) is 2. The first kappa shape index (κ1) is 18.6. The highest BCUT2D eigenvalue weighted by Crippen LogP contribution is 2.09. The van der Waals surface area contributed by atoms with Gasteiger partial charge in [0.25, 0.3) is 0 Å². The van der Waals surface area contributed by atoms with E-state index in [0.29, 0.717) is 4.90 Å². The number of nitrogens with two attached hydrogens (primary N) is 1. The van der Waals surface area contributed by atoms with Gasteiger partial charge >= 0.3 is 12.1 Å². The average Bonchev–Trinajstić information content (AvgIpc) is 2.49. The molecule has 0 fully saturated rings.